The fraction of sp³-hybridized carbons (Fsp3) is 1.00. The second-order valence-corrected chi connectivity index (χ2v) is 3.48. The predicted octanol–water partition coefficient (Wildman–Crippen LogP) is -1.39. The van der Waals surface area contributed by atoms with Gasteiger partial charge in [0.25, 0.3) is 0 Å². The lowest BCUT2D eigenvalue weighted by Gasteiger charge is -2.24. The molecule has 0 aromatic heterocycles. The zero-order chi connectivity index (χ0) is 10.4. The van der Waals surface area contributed by atoms with Gasteiger partial charge in [0.1, 0.15) is 0 Å². The molecular weight excluding hydrogens is 169 g/mol. The molecule has 76 valence electrons. The summed E-state index contributed by atoms with van der Waals surface area (Å²) in [5.74, 6) is -0.284. The van der Waals surface area contributed by atoms with Crippen LogP contribution in [0.4, 0.5) is 0 Å². The molecule has 0 amide bonds. The van der Waals surface area contributed by atoms with Crippen LogP contribution in [-0.2, 0) is 0 Å². The van der Waals surface area contributed by atoms with Gasteiger partial charge in [-0.3, -0.25) is 0 Å². The minimum Gasteiger partial charge on any atom is -0.394 e. The van der Waals surface area contributed by atoms with Crippen molar-refractivity contribution in [1.82, 2.24) is 4.90 Å². The molecule has 4 nitrogen and oxygen atoms in total. The summed E-state index contributed by atoms with van der Waals surface area (Å²) in [5, 5.41) is 27.0. The van der Waals surface area contributed by atoms with Crippen molar-refractivity contribution in [3.8, 4) is 0 Å². The van der Waals surface area contributed by atoms with E-state index >= 15 is 0 Å². The van der Waals surface area contributed by atoms with E-state index in [1.807, 2.05) is 0 Å². The zero-order valence-electron chi connectivity index (χ0n) is 8.22. The Morgan fingerprint density at radius 1 is 1.31 bits per heavy atom. The standard InChI is InChI=1S/C8H18BNO3/c1-6(9)8(13)4-10(2)3-7(12)5-11/h6-8,11-13H,3-5H2,1-2H3. The van der Waals surface area contributed by atoms with Gasteiger partial charge in [0, 0.05) is 13.1 Å². The lowest BCUT2D eigenvalue weighted by atomic mass is 9.84. The molecule has 0 aromatic carbocycles. The molecule has 0 saturated carbocycles. The molecular formula is C8H18BNO3. The van der Waals surface area contributed by atoms with Crippen molar-refractivity contribution < 1.29 is 15.3 Å². The summed E-state index contributed by atoms with van der Waals surface area (Å²) in [6.45, 7) is 2.19. The molecule has 3 atom stereocenters. The number of hydrogen-bond acceptors (Lipinski definition) is 4. The summed E-state index contributed by atoms with van der Waals surface area (Å²) < 4.78 is 0. The average molecular weight is 187 g/mol. The largest absolute Gasteiger partial charge is 0.394 e. The van der Waals surface area contributed by atoms with E-state index in [0.717, 1.165) is 0 Å². The maximum atomic E-state index is 9.37. The van der Waals surface area contributed by atoms with E-state index in [9.17, 15) is 5.11 Å². The van der Waals surface area contributed by atoms with Crippen LogP contribution < -0.4 is 0 Å². The van der Waals surface area contributed by atoms with Crippen LogP contribution in [-0.4, -0.2) is 67.0 Å². The molecule has 0 rings (SSSR count). The molecule has 5 heteroatoms. The van der Waals surface area contributed by atoms with Gasteiger partial charge in [-0.1, -0.05) is 12.7 Å². The molecule has 13 heavy (non-hydrogen) atoms. The van der Waals surface area contributed by atoms with Gasteiger partial charge in [0.05, 0.1) is 26.7 Å². The molecule has 3 N–H and O–H groups in total. The third-order valence-corrected chi connectivity index (χ3v) is 1.84. The Labute approximate surface area is 80.6 Å². The van der Waals surface area contributed by atoms with Crippen LogP contribution in [0.15, 0.2) is 0 Å². The van der Waals surface area contributed by atoms with E-state index < -0.39 is 12.2 Å². The van der Waals surface area contributed by atoms with E-state index in [4.69, 9.17) is 18.1 Å². The first-order chi connectivity index (χ1) is 5.97. The van der Waals surface area contributed by atoms with E-state index in [1.165, 1.54) is 0 Å². The van der Waals surface area contributed by atoms with Crippen molar-refractivity contribution in [3.05, 3.63) is 0 Å². The van der Waals surface area contributed by atoms with Gasteiger partial charge in [-0.15, -0.1) is 0 Å². The van der Waals surface area contributed by atoms with Crippen molar-refractivity contribution >= 4 is 7.85 Å². The molecule has 0 aliphatic rings. The number of likely N-dealkylation sites (N-methyl/N-ethyl adjacent to an activating group) is 1. The predicted molar refractivity (Wildman–Crippen MR) is 51.8 cm³/mol. The molecule has 0 heterocycles. The molecule has 0 spiro atoms. The minimum absolute atomic E-state index is 0.265. The number of aliphatic hydroxyl groups excluding tert-OH is 3. The highest BCUT2D eigenvalue weighted by Crippen LogP contribution is 2.05. The Morgan fingerprint density at radius 3 is 2.23 bits per heavy atom. The maximum absolute atomic E-state index is 9.37. The molecule has 0 aliphatic carbocycles. The smallest absolute Gasteiger partial charge is 0.0897 e. The van der Waals surface area contributed by atoms with Gasteiger partial charge in [-0.25, -0.2) is 0 Å². The Kier molecular flexibility index (Phi) is 6.33. The third-order valence-electron chi connectivity index (χ3n) is 1.84. The molecule has 0 bridgehead atoms. The third kappa shape index (κ3) is 6.04. The van der Waals surface area contributed by atoms with E-state index in [2.05, 4.69) is 0 Å². The Hall–Kier alpha value is -0.0951. The fourth-order valence-electron chi connectivity index (χ4n) is 0.978. The summed E-state index contributed by atoms with van der Waals surface area (Å²) in [6.07, 6.45) is -1.36. The van der Waals surface area contributed by atoms with Crippen LogP contribution in [0.5, 0.6) is 0 Å². The lowest BCUT2D eigenvalue weighted by Crippen LogP contribution is -2.37. The Bertz CT molecular complexity index is 135. The molecule has 2 radical (unpaired) electrons. The van der Waals surface area contributed by atoms with Gasteiger partial charge in [-0.2, -0.15) is 0 Å². The second-order valence-electron chi connectivity index (χ2n) is 3.48. The average Bonchev–Trinajstić information content (AvgIpc) is 2.03. The molecule has 0 aromatic rings. The molecule has 3 unspecified atom stereocenters. The van der Waals surface area contributed by atoms with Crippen LogP contribution in [0, 0.1) is 0 Å². The zero-order valence-corrected chi connectivity index (χ0v) is 8.22. The summed E-state index contributed by atoms with van der Waals surface area (Å²) in [7, 11) is 7.21. The maximum Gasteiger partial charge on any atom is 0.0897 e. The highest BCUT2D eigenvalue weighted by molar-refractivity contribution is 6.11. The first-order valence-corrected chi connectivity index (χ1v) is 4.38. The normalized spacial score (nSPS) is 18.6. The van der Waals surface area contributed by atoms with Gasteiger partial charge >= 0.3 is 0 Å². The minimum atomic E-state index is -0.759. The van der Waals surface area contributed by atoms with Gasteiger partial charge in [0.2, 0.25) is 0 Å². The van der Waals surface area contributed by atoms with Gasteiger partial charge in [0.15, 0.2) is 0 Å². The summed E-state index contributed by atoms with van der Waals surface area (Å²) in [4.78, 5) is 1.73. The van der Waals surface area contributed by atoms with Crippen molar-refractivity contribution in [2.45, 2.75) is 24.9 Å². The number of aliphatic hydroxyl groups is 3. The second kappa shape index (κ2) is 6.37. The van der Waals surface area contributed by atoms with Crippen LogP contribution in [0.3, 0.4) is 0 Å². The Balaban J connectivity index is 3.67. The van der Waals surface area contributed by atoms with Crippen LogP contribution in [0.2, 0.25) is 5.82 Å². The van der Waals surface area contributed by atoms with E-state index in [1.54, 1.807) is 18.9 Å². The van der Waals surface area contributed by atoms with E-state index in [0.29, 0.717) is 13.1 Å². The van der Waals surface area contributed by atoms with Crippen LogP contribution in [0.25, 0.3) is 0 Å². The quantitative estimate of drug-likeness (QED) is 0.448. The van der Waals surface area contributed by atoms with Crippen LogP contribution >= 0.6 is 0 Å². The Morgan fingerprint density at radius 2 is 1.85 bits per heavy atom. The fourth-order valence-corrected chi connectivity index (χ4v) is 0.978. The van der Waals surface area contributed by atoms with Gasteiger partial charge in [-0.05, 0) is 7.05 Å². The summed E-state index contributed by atoms with van der Waals surface area (Å²) >= 11 is 0. The van der Waals surface area contributed by atoms with Crippen molar-refractivity contribution in [3.63, 3.8) is 0 Å². The number of hydrogen-bond donors (Lipinski definition) is 3. The highest BCUT2D eigenvalue weighted by atomic mass is 16.3. The number of rotatable bonds is 6. The SMILES string of the molecule is [B]C(C)C(O)CN(C)CC(O)CO. The molecule has 0 aliphatic heterocycles. The summed E-state index contributed by atoms with van der Waals surface area (Å²) in [5.41, 5.74) is 0. The summed E-state index contributed by atoms with van der Waals surface area (Å²) in [6, 6.07) is 0. The van der Waals surface area contributed by atoms with Crippen molar-refractivity contribution in [1.29, 1.82) is 0 Å². The van der Waals surface area contributed by atoms with Crippen molar-refractivity contribution in [2.24, 2.45) is 0 Å². The first kappa shape index (κ1) is 12.9. The molecule has 0 saturated heterocycles. The first-order valence-electron chi connectivity index (χ1n) is 4.38. The lowest BCUT2D eigenvalue weighted by molar-refractivity contribution is 0.0488. The van der Waals surface area contributed by atoms with E-state index in [-0.39, 0.29) is 12.4 Å². The van der Waals surface area contributed by atoms with Crippen LogP contribution in [0.1, 0.15) is 6.92 Å². The number of nitrogens with zero attached hydrogens (tertiary/aromatic N) is 1. The van der Waals surface area contributed by atoms with Crippen molar-refractivity contribution in [2.75, 3.05) is 26.7 Å². The molecule has 0 fully saturated rings. The monoisotopic (exact) mass is 187 g/mol. The van der Waals surface area contributed by atoms with Gasteiger partial charge < -0.3 is 20.2 Å². The highest BCUT2D eigenvalue weighted by Gasteiger charge is 2.13. The topological polar surface area (TPSA) is 63.9 Å².